The first-order valence-corrected chi connectivity index (χ1v) is 9.61. The van der Waals surface area contributed by atoms with Crippen LogP contribution in [0.1, 0.15) is 12.8 Å². The number of ether oxygens (including phenoxy) is 1. The Balaban J connectivity index is 1.25. The highest BCUT2D eigenvalue weighted by Crippen LogP contribution is 2.73. The van der Waals surface area contributed by atoms with Gasteiger partial charge in [0.25, 0.3) is 17.7 Å². The van der Waals surface area contributed by atoms with E-state index in [1.165, 1.54) is 6.07 Å². The fraction of sp³-hybridized carbons (Fsp3) is 0.421. The molecule has 3 amide bonds. The minimum atomic E-state index is -0.593. The molecule has 1 aromatic rings. The summed E-state index contributed by atoms with van der Waals surface area (Å²) in [4.78, 5) is 37.8. The van der Waals surface area contributed by atoms with Gasteiger partial charge in [0, 0.05) is 5.02 Å². The summed E-state index contributed by atoms with van der Waals surface area (Å²) < 4.78 is 5.36. The molecule has 2 bridgehead atoms. The third kappa shape index (κ3) is 2.36. The maximum Gasteiger partial charge on any atom is 0.276 e. The number of nitrogens with one attached hydrogen (secondary N) is 1. The van der Waals surface area contributed by atoms with Gasteiger partial charge < -0.3 is 4.74 Å². The molecule has 4 aliphatic rings. The Morgan fingerprint density at radius 1 is 1.15 bits per heavy atom. The number of imide groups is 1. The first-order chi connectivity index (χ1) is 12.9. The largest absolute Gasteiger partial charge is 0.482 e. The number of amides is 3. The van der Waals surface area contributed by atoms with Gasteiger partial charge in [0.1, 0.15) is 5.75 Å². The fourth-order valence-electron chi connectivity index (χ4n) is 5.08. The molecular formula is C19H16Cl2N2O4. The monoisotopic (exact) mass is 406 g/mol. The molecule has 0 aromatic heterocycles. The zero-order valence-corrected chi connectivity index (χ0v) is 15.7. The van der Waals surface area contributed by atoms with E-state index in [-0.39, 0.29) is 52.5 Å². The summed E-state index contributed by atoms with van der Waals surface area (Å²) in [5, 5.41) is 1.61. The predicted molar refractivity (Wildman–Crippen MR) is 96.7 cm³/mol. The third-order valence-corrected chi connectivity index (χ3v) is 6.87. The van der Waals surface area contributed by atoms with E-state index in [0.717, 1.165) is 17.9 Å². The topological polar surface area (TPSA) is 75.7 Å². The van der Waals surface area contributed by atoms with Gasteiger partial charge in [0.2, 0.25) is 0 Å². The number of nitrogens with zero attached hydrogens (tertiary/aromatic N) is 1. The zero-order chi connectivity index (χ0) is 18.9. The molecule has 1 N–H and O–H groups in total. The first-order valence-electron chi connectivity index (χ1n) is 8.86. The molecule has 5 rings (SSSR count). The van der Waals surface area contributed by atoms with E-state index in [1.807, 2.05) is 0 Å². The number of carbonyl (C=O) groups is 3. The van der Waals surface area contributed by atoms with Crippen LogP contribution >= 0.6 is 23.2 Å². The number of fused-ring (bicyclic) bond motifs is 3. The smallest absolute Gasteiger partial charge is 0.276 e. The van der Waals surface area contributed by atoms with Crippen LogP contribution in [-0.4, -0.2) is 29.3 Å². The van der Waals surface area contributed by atoms with Gasteiger partial charge in [-0.2, -0.15) is 5.01 Å². The number of halogens is 2. The van der Waals surface area contributed by atoms with E-state index in [2.05, 4.69) is 17.6 Å². The highest BCUT2D eigenvalue weighted by Gasteiger charge is 2.73. The Hall–Kier alpha value is -2.05. The van der Waals surface area contributed by atoms with Gasteiger partial charge in [0.05, 0.1) is 16.9 Å². The fourth-order valence-corrected chi connectivity index (χ4v) is 5.54. The molecule has 1 heterocycles. The average Bonchev–Trinajstić information content (AvgIpc) is 3.24. The number of hydrogen-bond acceptors (Lipinski definition) is 4. The Kier molecular flexibility index (Phi) is 3.62. The molecule has 1 spiro atoms. The molecular weight excluding hydrogens is 391 g/mol. The molecule has 2 saturated carbocycles. The van der Waals surface area contributed by atoms with Gasteiger partial charge in [-0.15, -0.1) is 0 Å². The molecule has 1 aromatic carbocycles. The standard InChI is InChI=1S/C19H16Cl2N2O4/c20-9-1-4-13(12(21)7-9)27-8-14(24)22-23-17(25)15-10-2-3-11(16(15)18(23)26)19(10)5-6-19/h1-4,7,10-11,15-16H,5-6,8H2,(H,22,24)/t10?,11?,15-,16?/m1/s1. The second-order valence-electron chi connectivity index (χ2n) is 7.63. The lowest BCUT2D eigenvalue weighted by molar-refractivity contribution is -0.150. The lowest BCUT2D eigenvalue weighted by atomic mass is 9.85. The Labute approximate surface area is 165 Å². The molecule has 3 unspecified atom stereocenters. The van der Waals surface area contributed by atoms with Gasteiger partial charge in [-0.3, -0.25) is 19.8 Å². The second kappa shape index (κ2) is 5.72. The summed E-state index contributed by atoms with van der Waals surface area (Å²) in [5.41, 5.74) is 2.53. The summed E-state index contributed by atoms with van der Waals surface area (Å²) >= 11 is 11.8. The number of allylic oxidation sites excluding steroid dienone is 2. The number of rotatable bonds is 4. The minimum Gasteiger partial charge on any atom is -0.482 e. The van der Waals surface area contributed by atoms with Crippen LogP contribution in [0.4, 0.5) is 0 Å². The lowest BCUT2D eigenvalue weighted by Crippen LogP contribution is -2.49. The van der Waals surface area contributed by atoms with Crippen molar-refractivity contribution in [1.82, 2.24) is 10.4 Å². The summed E-state index contributed by atoms with van der Waals surface area (Å²) in [7, 11) is 0. The van der Waals surface area contributed by atoms with Crippen LogP contribution in [0, 0.1) is 29.1 Å². The van der Waals surface area contributed by atoms with Gasteiger partial charge >= 0.3 is 0 Å². The summed E-state index contributed by atoms with van der Waals surface area (Å²) in [6, 6.07) is 4.64. The molecule has 8 heteroatoms. The summed E-state index contributed by atoms with van der Waals surface area (Å²) in [6.45, 7) is -0.372. The first kappa shape index (κ1) is 17.1. The van der Waals surface area contributed by atoms with Crippen LogP contribution in [0.15, 0.2) is 30.4 Å². The summed E-state index contributed by atoms with van der Waals surface area (Å²) in [6.07, 6.45) is 6.32. The Morgan fingerprint density at radius 3 is 2.33 bits per heavy atom. The molecule has 4 atom stereocenters. The molecule has 6 nitrogen and oxygen atoms in total. The SMILES string of the molecule is O=C(COc1ccc(Cl)cc1Cl)NN1C(=O)C2C3C=CC([C@H]2C1=O)C31CC1. The third-order valence-electron chi connectivity index (χ3n) is 6.34. The number of benzene rings is 1. The molecule has 1 aliphatic heterocycles. The lowest BCUT2D eigenvalue weighted by Gasteiger charge is -2.22. The van der Waals surface area contributed by atoms with E-state index >= 15 is 0 Å². The van der Waals surface area contributed by atoms with E-state index in [9.17, 15) is 14.4 Å². The Morgan fingerprint density at radius 2 is 1.78 bits per heavy atom. The van der Waals surface area contributed by atoms with Gasteiger partial charge in [0.15, 0.2) is 6.61 Å². The van der Waals surface area contributed by atoms with Crippen LogP contribution in [0.5, 0.6) is 5.75 Å². The maximum atomic E-state index is 12.8. The number of hydrazine groups is 1. The zero-order valence-electron chi connectivity index (χ0n) is 14.2. The highest BCUT2D eigenvalue weighted by molar-refractivity contribution is 6.35. The number of hydrogen-bond donors (Lipinski definition) is 1. The van der Waals surface area contributed by atoms with Crippen molar-refractivity contribution in [2.45, 2.75) is 12.8 Å². The quantitative estimate of drug-likeness (QED) is 0.615. The van der Waals surface area contributed by atoms with Crippen molar-refractivity contribution in [2.24, 2.45) is 29.1 Å². The molecule has 1 saturated heterocycles. The second-order valence-corrected chi connectivity index (χ2v) is 8.48. The molecule has 3 fully saturated rings. The molecule has 3 aliphatic carbocycles. The molecule has 0 radical (unpaired) electrons. The average molecular weight is 407 g/mol. The van der Waals surface area contributed by atoms with E-state index in [1.54, 1.807) is 12.1 Å². The van der Waals surface area contributed by atoms with Gasteiger partial charge in [-0.25, -0.2) is 0 Å². The van der Waals surface area contributed by atoms with E-state index < -0.39 is 5.91 Å². The van der Waals surface area contributed by atoms with Crippen molar-refractivity contribution in [3.05, 3.63) is 40.4 Å². The van der Waals surface area contributed by atoms with Crippen molar-refractivity contribution in [2.75, 3.05) is 6.61 Å². The highest BCUT2D eigenvalue weighted by atomic mass is 35.5. The van der Waals surface area contributed by atoms with Crippen molar-refractivity contribution in [3.8, 4) is 5.75 Å². The van der Waals surface area contributed by atoms with Crippen molar-refractivity contribution < 1.29 is 19.1 Å². The Bertz CT molecular complexity index is 877. The molecule has 27 heavy (non-hydrogen) atoms. The normalized spacial score (nSPS) is 31.6. The van der Waals surface area contributed by atoms with Crippen molar-refractivity contribution >= 4 is 40.9 Å². The van der Waals surface area contributed by atoms with Crippen LogP contribution in [0.3, 0.4) is 0 Å². The maximum absolute atomic E-state index is 12.8. The molecule has 140 valence electrons. The van der Waals surface area contributed by atoms with Crippen LogP contribution in [-0.2, 0) is 14.4 Å². The van der Waals surface area contributed by atoms with Crippen LogP contribution in [0.25, 0.3) is 0 Å². The summed E-state index contributed by atoms with van der Waals surface area (Å²) in [5.74, 6) is -1.37. The van der Waals surface area contributed by atoms with Crippen molar-refractivity contribution in [3.63, 3.8) is 0 Å². The van der Waals surface area contributed by atoms with E-state index in [4.69, 9.17) is 27.9 Å². The number of carbonyl (C=O) groups excluding carboxylic acids is 3. The predicted octanol–water partition coefficient (Wildman–Crippen LogP) is 2.60. The minimum absolute atomic E-state index is 0.120. The van der Waals surface area contributed by atoms with E-state index in [0.29, 0.717) is 10.8 Å². The van der Waals surface area contributed by atoms with Crippen LogP contribution in [0.2, 0.25) is 10.0 Å². The van der Waals surface area contributed by atoms with Crippen LogP contribution < -0.4 is 10.2 Å². The van der Waals surface area contributed by atoms with Gasteiger partial charge in [-0.1, -0.05) is 35.4 Å². The van der Waals surface area contributed by atoms with Crippen molar-refractivity contribution in [1.29, 1.82) is 0 Å². The van der Waals surface area contributed by atoms with Gasteiger partial charge in [-0.05, 0) is 48.3 Å².